The predicted molar refractivity (Wildman–Crippen MR) is 112 cm³/mol. The van der Waals surface area contributed by atoms with Gasteiger partial charge in [0.05, 0.1) is 5.92 Å². The summed E-state index contributed by atoms with van der Waals surface area (Å²) in [6.45, 7) is 3.64. The van der Waals surface area contributed by atoms with E-state index in [-0.39, 0.29) is 11.8 Å². The van der Waals surface area contributed by atoms with Gasteiger partial charge in [-0.25, -0.2) is 9.97 Å². The molecular weight excluding hydrogens is 348 g/mol. The molecule has 0 bridgehead atoms. The van der Waals surface area contributed by atoms with Crippen molar-refractivity contribution in [3.63, 3.8) is 0 Å². The summed E-state index contributed by atoms with van der Waals surface area (Å²) in [7, 11) is 0. The molecule has 1 saturated heterocycles. The van der Waals surface area contributed by atoms with E-state index in [2.05, 4.69) is 34.3 Å². The first-order valence-corrected chi connectivity index (χ1v) is 9.70. The Morgan fingerprint density at radius 3 is 2.64 bits per heavy atom. The quantitative estimate of drug-likeness (QED) is 0.741. The SMILES string of the molecule is Cc1ccc(-c2nccc(N3CCC[C@H](C(=O)Nc4ccccc4)C3)n2)cc1. The number of para-hydroxylation sites is 1. The van der Waals surface area contributed by atoms with Crippen molar-refractivity contribution < 1.29 is 4.79 Å². The van der Waals surface area contributed by atoms with Gasteiger partial charge in [-0.3, -0.25) is 4.79 Å². The molecular formula is C23H24N4O. The highest BCUT2D eigenvalue weighted by Gasteiger charge is 2.26. The first-order chi connectivity index (χ1) is 13.7. The summed E-state index contributed by atoms with van der Waals surface area (Å²) in [5.74, 6) is 1.62. The minimum absolute atomic E-state index is 0.0493. The smallest absolute Gasteiger partial charge is 0.229 e. The summed E-state index contributed by atoms with van der Waals surface area (Å²) < 4.78 is 0. The summed E-state index contributed by atoms with van der Waals surface area (Å²) >= 11 is 0. The van der Waals surface area contributed by atoms with E-state index in [4.69, 9.17) is 4.98 Å². The number of piperidine rings is 1. The highest BCUT2D eigenvalue weighted by molar-refractivity contribution is 5.93. The van der Waals surface area contributed by atoms with Crippen LogP contribution in [0.5, 0.6) is 0 Å². The Bertz CT molecular complexity index is 940. The molecule has 0 aliphatic carbocycles. The number of hydrogen-bond acceptors (Lipinski definition) is 4. The maximum Gasteiger partial charge on any atom is 0.229 e. The Morgan fingerprint density at radius 1 is 1.07 bits per heavy atom. The fourth-order valence-electron chi connectivity index (χ4n) is 3.53. The largest absolute Gasteiger partial charge is 0.356 e. The van der Waals surface area contributed by atoms with E-state index < -0.39 is 0 Å². The number of carbonyl (C=O) groups excluding carboxylic acids is 1. The summed E-state index contributed by atoms with van der Waals surface area (Å²) in [5, 5.41) is 3.03. The van der Waals surface area contributed by atoms with Gasteiger partial charge in [0.1, 0.15) is 5.82 Å². The van der Waals surface area contributed by atoms with Crippen LogP contribution in [0.25, 0.3) is 11.4 Å². The minimum atomic E-state index is -0.0493. The third-order valence-electron chi connectivity index (χ3n) is 5.11. The van der Waals surface area contributed by atoms with E-state index in [1.54, 1.807) is 6.20 Å². The Labute approximate surface area is 165 Å². The van der Waals surface area contributed by atoms with Crippen molar-refractivity contribution in [3.8, 4) is 11.4 Å². The van der Waals surface area contributed by atoms with Crippen LogP contribution in [-0.4, -0.2) is 29.0 Å². The summed E-state index contributed by atoms with van der Waals surface area (Å²) in [5.41, 5.74) is 3.05. The molecule has 3 aromatic rings. The Kier molecular flexibility index (Phi) is 5.33. The fourth-order valence-corrected chi connectivity index (χ4v) is 3.53. The lowest BCUT2D eigenvalue weighted by molar-refractivity contribution is -0.120. The van der Waals surface area contributed by atoms with Gasteiger partial charge in [-0.2, -0.15) is 0 Å². The maximum absolute atomic E-state index is 12.7. The number of aromatic nitrogens is 2. The lowest BCUT2D eigenvalue weighted by atomic mass is 9.97. The van der Waals surface area contributed by atoms with E-state index in [9.17, 15) is 4.79 Å². The standard InChI is InChI=1S/C23H24N4O/c1-17-9-11-18(12-10-17)22-24-14-13-21(26-22)27-15-5-6-19(16-27)23(28)25-20-7-3-2-4-8-20/h2-4,7-14,19H,5-6,15-16H2,1H3,(H,25,28)/t19-/m0/s1. The molecule has 1 aliphatic rings. The van der Waals surface area contributed by atoms with Gasteiger partial charge in [-0.1, -0.05) is 48.0 Å². The zero-order valence-corrected chi connectivity index (χ0v) is 16.0. The first-order valence-electron chi connectivity index (χ1n) is 9.70. The number of nitrogens with zero attached hydrogens (tertiary/aromatic N) is 3. The van der Waals surface area contributed by atoms with Crippen molar-refractivity contribution in [3.05, 3.63) is 72.4 Å². The molecule has 5 nitrogen and oxygen atoms in total. The van der Waals surface area contributed by atoms with Crippen LogP contribution < -0.4 is 10.2 Å². The zero-order valence-electron chi connectivity index (χ0n) is 16.0. The Hall–Kier alpha value is -3.21. The second-order valence-electron chi connectivity index (χ2n) is 7.24. The molecule has 1 fully saturated rings. The highest BCUT2D eigenvalue weighted by atomic mass is 16.1. The van der Waals surface area contributed by atoms with E-state index in [1.807, 2.05) is 48.5 Å². The van der Waals surface area contributed by atoms with Crippen LogP contribution in [-0.2, 0) is 4.79 Å². The molecule has 0 radical (unpaired) electrons. The number of hydrogen-bond donors (Lipinski definition) is 1. The number of aryl methyl sites for hydroxylation is 1. The van der Waals surface area contributed by atoms with Crippen LogP contribution >= 0.6 is 0 Å². The van der Waals surface area contributed by atoms with Gasteiger partial charge in [0, 0.05) is 30.5 Å². The lowest BCUT2D eigenvalue weighted by Crippen LogP contribution is -2.41. The number of carbonyl (C=O) groups is 1. The van der Waals surface area contributed by atoms with Crippen LogP contribution in [0.3, 0.4) is 0 Å². The molecule has 28 heavy (non-hydrogen) atoms. The molecule has 4 rings (SSSR count). The minimum Gasteiger partial charge on any atom is -0.356 e. The second-order valence-corrected chi connectivity index (χ2v) is 7.24. The van der Waals surface area contributed by atoms with Crippen molar-refractivity contribution in [2.24, 2.45) is 5.92 Å². The number of benzene rings is 2. The van der Waals surface area contributed by atoms with Crippen molar-refractivity contribution in [1.82, 2.24) is 9.97 Å². The summed E-state index contributed by atoms with van der Waals surface area (Å²) in [6.07, 6.45) is 3.66. The van der Waals surface area contributed by atoms with Gasteiger partial charge in [-0.15, -0.1) is 0 Å². The normalized spacial score (nSPS) is 16.6. The van der Waals surface area contributed by atoms with E-state index >= 15 is 0 Å². The van der Waals surface area contributed by atoms with E-state index in [0.29, 0.717) is 12.4 Å². The van der Waals surface area contributed by atoms with Crippen LogP contribution in [0.4, 0.5) is 11.5 Å². The van der Waals surface area contributed by atoms with Gasteiger partial charge in [0.15, 0.2) is 5.82 Å². The highest BCUT2D eigenvalue weighted by Crippen LogP contribution is 2.25. The predicted octanol–water partition coefficient (Wildman–Crippen LogP) is 4.31. The molecule has 5 heteroatoms. The van der Waals surface area contributed by atoms with Crippen LogP contribution in [0, 0.1) is 12.8 Å². The molecule has 0 unspecified atom stereocenters. The van der Waals surface area contributed by atoms with Gasteiger partial charge in [-0.05, 0) is 38.0 Å². The van der Waals surface area contributed by atoms with Gasteiger partial charge in [0.25, 0.3) is 0 Å². The molecule has 2 aromatic carbocycles. The molecule has 1 aliphatic heterocycles. The second kappa shape index (κ2) is 8.21. The first kappa shape index (κ1) is 18.2. The van der Waals surface area contributed by atoms with E-state index in [1.165, 1.54) is 5.56 Å². The molecule has 1 amide bonds. The molecule has 1 aromatic heterocycles. The van der Waals surface area contributed by atoms with Crippen molar-refractivity contribution in [2.75, 3.05) is 23.3 Å². The van der Waals surface area contributed by atoms with Crippen LogP contribution in [0.1, 0.15) is 18.4 Å². The Balaban J connectivity index is 1.48. The van der Waals surface area contributed by atoms with Gasteiger partial charge < -0.3 is 10.2 Å². The summed E-state index contributed by atoms with van der Waals surface area (Å²) in [4.78, 5) is 24.1. The number of rotatable bonds is 4. The number of anilines is 2. The van der Waals surface area contributed by atoms with E-state index in [0.717, 1.165) is 36.5 Å². The fraction of sp³-hybridized carbons (Fsp3) is 0.261. The topological polar surface area (TPSA) is 58.1 Å². The van der Waals surface area contributed by atoms with Gasteiger partial charge >= 0.3 is 0 Å². The molecule has 2 heterocycles. The van der Waals surface area contributed by atoms with Gasteiger partial charge in [0.2, 0.25) is 5.91 Å². The van der Waals surface area contributed by atoms with Crippen molar-refractivity contribution in [2.45, 2.75) is 19.8 Å². The average molecular weight is 372 g/mol. The maximum atomic E-state index is 12.7. The Morgan fingerprint density at radius 2 is 1.86 bits per heavy atom. The zero-order chi connectivity index (χ0) is 19.3. The molecule has 142 valence electrons. The number of amides is 1. The third kappa shape index (κ3) is 4.19. The molecule has 0 spiro atoms. The third-order valence-corrected chi connectivity index (χ3v) is 5.11. The number of nitrogens with one attached hydrogen (secondary N) is 1. The molecule has 1 atom stereocenters. The summed E-state index contributed by atoms with van der Waals surface area (Å²) in [6, 6.07) is 19.8. The molecule has 1 N–H and O–H groups in total. The monoisotopic (exact) mass is 372 g/mol. The molecule has 0 saturated carbocycles. The van der Waals surface area contributed by atoms with Crippen LogP contribution in [0.2, 0.25) is 0 Å². The lowest BCUT2D eigenvalue weighted by Gasteiger charge is -2.33. The van der Waals surface area contributed by atoms with Crippen molar-refractivity contribution in [1.29, 1.82) is 0 Å². The average Bonchev–Trinajstić information content (AvgIpc) is 2.75. The van der Waals surface area contributed by atoms with Crippen LogP contribution in [0.15, 0.2) is 66.9 Å². The van der Waals surface area contributed by atoms with Crippen molar-refractivity contribution >= 4 is 17.4 Å².